The van der Waals surface area contributed by atoms with Gasteiger partial charge < -0.3 is 5.11 Å². The summed E-state index contributed by atoms with van der Waals surface area (Å²) < 4.78 is 1.21. The highest BCUT2D eigenvalue weighted by atomic mass is 79.9. The summed E-state index contributed by atoms with van der Waals surface area (Å²) in [6, 6.07) is 4.30. The van der Waals surface area contributed by atoms with E-state index in [-0.39, 0.29) is 0 Å². The van der Waals surface area contributed by atoms with E-state index in [0.29, 0.717) is 12.5 Å². The van der Waals surface area contributed by atoms with Crippen LogP contribution in [0, 0.1) is 5.92 Å². The Bertz CT molecular complexity index is 315. The molecule has 1 N–H and O–H groups in total. The molecule has 1 aromatic heterocycles. The first kappa shape index (κ1) is 11.6. The van der Waals surface area contributed by atoms with Crippen LogP contribution in [-0.4, -0.2) is 29.7 Å². The van der Waals surface area contributed by atoms with E-state index in [0.717, 1.165) is 19.5 Å². The van der Waals surface area contributed by atoms with Crippen LogP contribution in [0.1, 0.15) is 17.7 Å². The number of nitrogens with zero attached hydrogens (tertiary/aromatic N) is 1. The summed E-state index contributed by atoms with van der Waals surface area (Å²) in [5, 5.41) is 8.88. The predicted octanol–water partition coefficient (Wildman–Crippen LogP) is 2.71. The molecular formula is C11H16BrNOS. The molecule has 2 heterocycles. The lowest BCUT2D eigenvalue weighted by atomic mass is 10.1. The average Bonchev–Trinajstić information content (AvgIpc) is 2.78. The van der Waals surface area contributed by atoms with E-state index in [1.165, 1.54) is 21.6 Å². The van der Waals surface area contributed by atoms with Crippen molar-refractivity contribution in [2.24, 2.45) is 5.92 Å². The quantitative estimate of drug-likeness (QED) is 0.921. The Balaban J connectivity index is 1.82. The lowest BCUT2D eigenvalue weighted by Gasteiger charge is -2.14. The molecule has 1 aliphatic heterocycles. The van der Waals surface area contributed by atoms with Crippen LogP contribution in [-0.2, 0) is 6.54 Å². The van der Waals surface area contributed by atoms with E-state index in [9.17, 15) is 0 Å². The summed E-state index contributed by atoms with van der Waals surface area (Å²) in [5.74, 6) is 0.707. The summed E-state index contributed by atoms with van der Waals surface area (Å²) in [6.45, 7) is 3.73. The van der Waals surface area contributed by atoms with E-state index in [2.05, 4.69) is 33.0 Å². The number of hydrogen-bond donors (Lipinski definition) is 1. The first-order valence-electron chi connectivity index (χ1n) is 5.35. The van der Waals surface area contributed by atoms with Gasteiger partial charge in [-0.15, -0.1) is 11.3 Å². The maximum atomic E-state index is 8.88. The Morgan fingerprint density at radius 2 is 2.40 bits per heavy atom. The highest BCUT2D eigenvalue weighted by Crippen LogP contribution is 2.26. The van der Waals surface area contributed by atoms with Crippen LogP contribution in [0.2, 0.25) is 0 Å². The monoisotopic (exact) mass is 289 g/mol. The zero-order valence-corrected chi connectivity index (χ0v) is 11.1. The number of aliphatic hydroxyl groups is 1. The van der Waals surface area contributed by atoms with Gasteiger partial charge in [0.05, 0.1) is 3.79 Å². The van der Waals surface area contributed by atoms with Gasteiger partial charge in [-0.3, -0.25) is 4.90 Å². The SMILES string of the molecule is OCCC1CCN(Cc2ccc(Br)s2)C1. The van der Waals surface area contributed by atoms with Gasteiger partial charge in [0.1, 0.15) is 0 Å². The van der Waals surface area contributed by atoms with Crippen molar-refractivity contribution < 1.29 is 5.11 Å². The second-order valence-corrected chi connectivity index (χ2v) is 6.66. The van der Waals surface area contributed by atoms with Crippen molar-refractivity contribution in [1.82, 2.24) is 4.90 Å². The molecule has 1 aromatic rings. The zero-order valence-electron chi connectivity index (χ0n) is 8.66. The highest BCUT2D eigenvalue weighted by Gasteiger charge is 2.21. The molecule has 15 heavy (non-hydrogen) atoms. The maximum absolute atomic E-state index is 8.88. The van der Waals surface area contributed by atoms with Gasteiger partial charge in [-0.05, 0) is 53.4 Å². The molecule has 1 unspecified atom stereocenters. The molecule has 1 atom stereocenters. The van der Waals surface area contributed by atoms with Crippen molar-refractivity contribution >= 4 is 27.3 Å². The molecule has 84 valence electrons. The van der Waals surface area contributed by atoms with E-state index >= 15 is 0 Å². The van der Waals surface area contributed by atoms with Crippen molar-refractivity contribution in [1.29, 1.82) is 0 Å². The van der Waals surface area contributed by atoms with E-state index in [1.54, 1.807) is 0 Å². The molecule has 0 radical (unpaired) electrons. The lowest BCUT2D eigenvalue weighted by Crippen LogP contribution is -2.19. The number of rotatable bonds is 4. The van der Waals surface area contributed by atoms with Gasteiger partial charge in [-0.1, -0.05) is 0 Å². The van der Waals surface area contributed by atoms with E-state index < -0.39 is 0 Å². The minimum Gasteiger partial charge on any atom is -0.396 e. The van der Waals surface area contributed by atoms with Crippen LogP contribution in [0.4, 0.5) is 0 Å². The van der Waals surface area contributed by atoms with Gasteiger partial charge in [-0.2, -0.15) is 0 Å². The number of hydrogen-bond acceptors (Lipinski definition) is 3. The van der Waals surface area contributed by atoms with Crippen LogP contribution in [0.25, 0.3) is 0 Å². The van der Waals surface area contributed by atoms with Gasteiger partial charge in [-0.25, -0.2) is 0 Å². The first-order chi connectivity index (χ1) is 7.28. The second-order valence-electron chi connectivity index (χ2n) is 4.11. The van der Waals surface area contributed by atoms with Crippen molar-refractivity contribution in [3.05, 3.63) is 20.8 Å². The summed E-state index contributed by atoms with van der Waals surface area (Å²) in [4.78, 5) is 3.91. The Morgan fingerprint density at radius 1 is 1.53 bits per heavy atom. The smallest absolute Gasteiger partial charge is 0.0701 e. The Kier molecular flexibility index (Phi) is 4.20. The van der Waals surface area contributed by atoms with Crippen LogP contribution in [0.15, 0.2) is 15.9 Å². The Labute approximate surface area is 103 Å². The molecule has 1 fully saturated rings. The Morgan fingerprint density at radius 3 is 3.07 bits per heavy atom. The van der Waals surface area contributed by atoms with Gasteiger partial charge in [0, 0.05) is 24.6 Å². The fourth-order valence-electron chi connectivity index (χ4n) is 2.13. The van der Waals surface area contributed by atoms with Crippen LogP contribution in [0.3, 0.4) is 0 Å². The number of aliphatic hydroxyl groups excluding tert-OH is 1. The normalized spacial score (nSPS) is 22.4. The summed E-state index contributed by atoms with van der Waals surface area (Å²) in [6.07, 6.45) is 2.21. The molecular weight excluding hydrogens is 274 g/mol. The number of likely N-dealkylation sites (tertiary alicyclic amines) is 1. The summed E-state index contributed by atoms with van der Waals surface area (Å²) in [7, 11) is 0. The molecule has 0 saturated carbocycles. The Hall–Kier alpha value is 0.1000. The molecule has 0 amide bonds. The molecule has 0 spiro atoms. The standard InChI is InChI=1S/C11H16BrNOS/c12-11-2-1-10(15-11)8-13-5-3-9(7-13)4-6-14/h1-2,9,14H,3-8H2. The molecule has 2 rings (SSSR count). The number of thiophene rings is 1. The third-order valence-electron chi connectivity index (χ3n) is 2.92. The van der Waals surface area contributed by atoms with Gasteiger partial charge in [0.15, 0.2) is 0 Å². The molecule has 0 bridgehead atoms. The van der Waals surface area contributed by atoms with Gasteiger partial charge in [0.25, 0.3) is 0 Å². The molecule has 0 aliphatic carbocycles. The minimum atomic E-state index is 0.336. The summed E-state index contributed by atoms with van der Waals surface area (Å²) >= 11 is 5.30. The van der Waals surface area contributed by atoms with Crippen molar-refractivity contribution in [3.8, 4) is 0 Å². The fourth-order valence-corrected chi connectivity index (χ4v) is 3.66. The van der Waals surface area contributed by atoms with Gasteiger partial charge >= 0.3 is 0 Å². The van der Waals surface area contributed by atoms with Crippen LogP contribution >= 0.6 is 27.3 Å². The second kappa shape index (κ2) is 5.43. The third-order valence-corrected chi connectivity index (χ3v) is 4.52. The fraction of sp³-hybridized carbons (Fsp3) is 0.636. The van der Waals surface area contributed by atoms with Crippen molar-refractivity contribution in [3.63, 3.8) is 0 Å². The van der Waals surface area contributed by atoms with Crippen molar-refractivity contribution in [2.75, 3.05) is 19.7 Å². The molecule has 1 saturated heterocycles. The number of halogens is 1. The van der Waals surface area contributed by atoms with Crippen LogP contribution < -0.4 is 0 Å². The highest BCUT2D eigenvalue weighted by molar-refractivity contribution is 9.11. The topological polar surface area (TPSA) is 23.5 Å². The lowest BCUT2D eigenvalue weighted by molar-refractivity contribution is 0.250. The first-order valence-corrected chi connectivity index (χ1v) is 6.96. The predicted molar refractivity (Wildman–Crippen MR) is 67.1 cm³/mol. The summed E-state index contributed by atoms with van der Waals surface area (Å²) in [5.41, 5.74) is 0. The average molecular weight is 290 g/mol. The molecule has 0 aromatic carbocycles. The molecule has 1 aliphatic rings. The zero-order chi connectivity index (χ0) is 10.7. The molecule has 2 nitrogen and oxygen atoms in total. The van der Waals surface area contributed by atoms with E-state index in [4.69, 9.17) is 5.11 Å². The maximum Gasteiger partial charge on any atom is 0.0701 e. The minimum absolute atomic E-state index is 0.336. The molecule has 4 heteroatoms. The van der Waals surface area contributed by atoms with Gasteiger partial charge in [0.2, 0.25) is 0 Å². The van der Waals surface area contributed by atoms with Crippen LogP contribution in [0.5, 0.6) is 0 Å². The van der Waals surface area contributed by atoms with Crippen molar-refractivity contribution in [2.45, 2.75) is 19.4 Å². The largest absolute Gasteiger partial charge is 0.396 e. The van der Waals surface area contributed by atoms with E-state index in [1.807, 2.05) is 11.3 Å². The third kappa shape index (κ3) is 3.28.